The number of carboxylic acid groups (broad SMARTS) is 2. The van der Waals surface area contributed by atoms with Gasteiger partial charge in [0.1, 0.15) is 5.69 Å². The number of carbonyl (C=O) groups is 2. The molecule has 0 aliphatic heterocycles. The third-order valence-corrected chi connectivity index (χ3v) is 3.40. The van der Waals surface area contributed by atoms with E-state index in [4.69, 9.17) is 5.11 Å². The summed E-state index contributed by atoms with van der Waals surface area (Å²) in [4.78, 5) is 24.9. The van der Waals surface area contributed by atoms with Gasteiger partial charge in [-0.2, -0.15) is 0 Å². The SMILES string of the molecule is CC(C)c1ccc2[nH]c(C(=O)O)c(CCC(=O)O)c2c1. The summed E-state index contributed by atoms with van der Waals surface area (Å²) >= 11 is 0. The van der Waals surface area contributed by atoms with Crippen LogP contribution in [0.5, 0.6) is 0 Å². The molecular weight excluding hydrogens is 258 g/mol. The number of fused-ring (bicyclic) bond motifs is 1. The number of aliphatic carboxylic acids is 1. The van der Waals surface area contributed by atoms with Crippen molar-refractivity contribution < 1.29 is 19.8 Å². The molecule has 1 heterocycles. The number of aryl methyl sites for hydroxylation is 1. The molecule has 2 aromatic rings. The van der Waals surface area contributed by atoms with Crippen LogP contribution in [0.25, 0.3) is 10.9 Å². The molecule has 0 spiro atoms. The summed E-state index contributed by atoms with van der Waals surface area (Å²) in [5.74, 6) is -1.67. The number of hydrogen-bond acceptors (Lipinski definition) is 2. The van der Waals surface area contributed by atoms with Crippen molar-refractivity contribution in [1.82, 2.24) is 4.98 Å². The fraction of sp³-hybridized carbons (Fsp3) is 0.333. The Morgan fingerprint density at radius 2 is 1.95 bits per heavy atom. The van der Waals surface area contributed by atoms with Gasteiger partial charge >= 0.3 is 11.9 Å². The molecule has 0 fully saturated rings. The average Bonchev–Trinajstić information content (AvgIpc) is 2.73. The van der Waals surface area contributed by atoms with E-state index in [-0.39, 0.29) is 18.5 Å². The zero-order valence-electron chi connectivity index (χ0n) is 11.4. The lowest BCUT2D eigenvalue weighted by Crippen LogP contribution is -2.04. The zero-order chi connectivity index (χ0) is 14.9. The fourth-order valence-electron chi connectivity index (χ4n) is 2.30. The normalized spacial score (nSPS) is 11.2. The lowest BCUT2D eigenvalue weighted by molar-refractivity contribution is -0.136. The van der Waals surface area contributed by atoms with Crippen LogP contribution in [0.2, 0.25) is 0 Å². The van der Waals surface area contributed by atoms with Gasteiger partial charge in [-0.3, -0.25) is 4.79 Å². The minimum absolute atomic E-state index is 0.0842. The molecule has 1 aromatic heterocycles. The molecule has 5 nitrogen and oxygen atoms in total. The maximum Gasteiger partial charge on any atom is 0.352 e. The van der Waals surface area contributed by atoms with Gasteiger partial charge in [0, 0.05) is 17.3 Å². The van der Waals surface area contributed by atoms with Crippen LogP contribution in [0, 0.1) is 0 Å². The molecule has 0 radical (unpaired) electrons. The Morgan fingerprint density at radius 3 is 2.50 bits per heavy atom. The first-order valence-corrected chi connectivity index (χ1v) is 6.49. The van der Waals surface area contributed by atoms with E-state index in [1.54, 1.807) is 0 Å². The van der Waals surface area contributed by atoms with E-state index in [0.29, 0.717) is 11.5 Å². The summed E-state index contributed by atoms with van der Waals surface area (Å²) in [6.45, 7) is 4.12. The second-order valence-electron chi connectivity index (χ2n) is 5.14. The van der Waals surface area contributed by atoms with E-state index in [0.717, 1.165) is 16.5 Å². The minimum Gasteiger partial charge on any atom is -0.481 e. The number of aromatic carboxylic acids is 1. The molecule has 1 aromatic carbocycles. The predicted octanol–water partition coefficient (Wildman–Crippen LogP) is 3.01. The molecular formula is C15H17NO4. The Labute approximate surface area is 116 Å². The van der Waals surface area contributed by atoms with Gasteiger partial charge in [0.2, 0.25) is 0 Å². The highest BCUT2D eigenvalue weighted by Gasteiger charge is 2.18. The highest BCUT2D eigenvalue weighted by atomic mass is 16.4. The molecule has 0 saturated carbocycles. The average molecular weight is 275 g/mol. The van der Waals surface area contributed by atoms with Crippen molar-refractivity contribution >= 4 is 22.8 Å². The van der Waals surface area contributed by atoms with Crippen molar-refractivity contribution in [3.05, 3.63) is 35.0 Å². The maximum absolute atomic E-state index is 11.3. The van der Waals surface area contributed by atoms with E-state index in [2.05, 4.69) is 18.8 Å². The third kappa shape index (κ3) is 2.66. The standard InChI is InChI=1S/C15H17NO4/c1-8(2)9-3-5-12-11(7-9)10(4-6-13(17)18)14(16-12)15(19)20/h3,5,7-8,16H,4,6H2,1-2H3,(H,17,18)(H,19,20). The number of carboxylic acids is 2. The van der Waals surface area contributed by atoms with Gasteiger partial charge in [-0.05, 0) is 35.6 Å². The van der Waals surface area contributed by atoms with Crippen molar-refractivity contribution in [2.45, 2.75) is 32.6 Å². The molecule has 0 aliphatic carbocycles. The van der Waals surface area contributed by atoms with Crippen molar-refractivity contribution in [2.24, 2.45) is 0 Å². The minimum atomic E-state index is -1.06. The van der Waals surface area contributed by atoms with E-state index < -0.39 is 11.9 Å². The highest BCUT2D eigenvalue weighted by molar-refractivity contribution is 5.97. The van der Waals surface area contributed by atoms with Crippen LogP contribution in [-0.4, -0.2) is 27.1 Å². The number of aromatic amines is 1. The summed E-state index contributed by atoms with van der Waals surface area (Å²) in [6, 6.07) is 5.75. The highest BCUT2D eigenvalue weighted by Crippen LogP contribution is 2.27. The molecule has 106 valence electrons. The molecule has 0 amide bonds. The molecule has 0 saturated heterocycles. The molecule has 2 rings (SSSR count). The molecule has 5 heteroatoms. The molecule has 3 N–H and O–H groups in total. The zero-order valence-corrected chi connectivity index (χ0v) is 11.4. The van der Waals surface area contributed by atoms with Gasteiger partial charge in [0.05, 0.1) is 0 Å². The number of hydrogen-bond donors (Lipinski definition) is 3. The smallest absolute Gasteiger partial charge is 0.352 e. The first-order valence-electron chi connectivity index (χ1n) is 6.49. The fourth-order valence-corrected chi connectivity index (χ4v) is 2.30. The van der Waals surface area contributed by atoms with Gasteiger partial charge in [0.25, 0.3) is 0 Å². The maximum atomic E-state index is 11.3. The van der Waals surface area contributed by atoms with E-state index in [1.807, 2.05) is 18.2 Å². The molecule has 0 atom stereocenters. The topological polar surface area (TPSA) is 90.4 Å². The van der Waals surface area contributed by atoms with Crippen LogP contribution in [0.4, 0.5) is 0 Å². The van der Waals surface area contributed by atoms with Gasteiger partial charge in [-0.1, -0.05) is 19.9 Å². The predicted molar refractivity (Wildman–Crippen MR) is 75.3 cm³/mol. The molecule has 20 heavy (non-hydrogen) atoms. The lowest BCUT2D eigenvalue weighted by Gasteiger charge is -2.06. The number of aromatic nitrogens is 1. The van der Waals surface area contributed by atoms with Gasteiger partial charge < -0.3 is 15.2 Å². The van der Waals surface area contributed by atoms with E-state index in [9.17, 15) is 14.7 Å². The second-order valence-corrected chi connectivity index (χ2v) is 5.14. The number of rotatable bonds is 5. The van der Waals surface area contributed by atoms with Crippen molar-refractivity contribution in [2.75, 3.05) is 0 Å². The van der Waals surface area contributed by atoms with Crippen molar-refractivity contribution in [3.8, 4) is 0 Å². The van der Waals surface area contributed by atoms with Crippen LogP contribution in [-0.2, 0) is 11.2 Å². The Bertz CT molecular complexity index is 670. The Balaban J connectivity index is 2.58. The van der Waals surface area contributed by atoms with Crippen LogP contribution in [0.1, 0.15) is 47.8 Å². The van der Waals surface area contributed by atoms with Crippen molar-refractivity contribution in [1.29, 1.82) is 0 Å². The van der Waals surface area contributed by atoms with Gasteiger partial charge in [-0.25, -0.2) is 4.79 Å². The van der Waals surface area contributed by atoms with Gasteiger partial charge in [-0.15, -0.1) is 0 Å². The molecule has 0 bridgehead atoms. The summed E-state index contributed by atoms with van der Waals surface area (Å²) in [5.41, 5.74) is 2.48. The van der Waals surface area contributed by atoms with E-state index >= 15 is 0 Å². The number of benzene rings is 1. The molecule has 0 unspecified atom stereocenters. The first kappa shape index (κ1) is 14.1. The Morgan fingerprint density at radius 1 is 1.25 bits per heavy atom. The van der Waals surface area contributed by atoms with Crippen LogP contribution >= 0.6 is 0 Å². The molecule has 0 aliphatic rings. The summed E-state index contributed by atoms with van der Waals surface area (Å²) in [7, 11) is 0. The summed E-state index contributed by atoms with van der Waals surface area (Å²) in [5, 5.41) is 18.8. The number of H-pyrrole nitrogens is 1. The van der Waals surface area contributed by atoms with Crippen LogP contribution in [0.3, 0.4) is 0 Å². The summed E-state index contributed by atoms with van der Waals surface area (Å²) < 4.78 is 0. The van der Waals surface area contributed by atoms with E-state index in [1.165, 1.54) is 0 Å². The quantitative estimate of drug-likeness (QED) is 0.782. The van der Waals surface area contributed by atoms with Crippen LogP contribution < -0.4 is 0 Å². The largest absolute Gasteiger partial charge is 0.481 e. The van der Waals surface area contributed by atoms with Crippen molar-refractivity contribution in [3.63, 3.8) is 0 Å². The van der Waals surface area contributed by atoms with Gasteiger partial charge in [0.15, 0.2) is 0 Å². The summed E-state index contributed by atoms with van der Waals surface area (Å²) in [6.07, 6.45) is 0.123. The Kier molecular flexibility index (Phi) is 3.79. The second kappa shape index (κ2) is 5.36. The Hall–Kier alpha value is -2.30. The first-order chi connectivity index (χ1) is 9.40. The monoisotopic (exact) mass is 275 g/mol. The third-order valence-electron chi connectivity index (χ3n) is 3.40. The number of nitrogens with one attached hydrogen (secondary N) is 1. The van der Waals surface area contributed by atoms with Crippen LogP contribution in [0.15, 0.2) is 18.2 Å². The lowest BCUT2D eigenvalue weighted by atomic mass is 9.98.